The van der Waals surface area contributed by atoms with Crippen molar-refractivity contribution < 1.29 is 23.1 Å². The maximum atomic E-state index is 12.3. The van der Waals surface area contributed by atoms with Gasteiger partial charge in [-0.05, 0) is 0 Å². The van der Waals surface area contributed by atoms with Gasteiger partial charge in [0.05, 0.1) is 5.88 Å². The Hall–Kier alpha value is -0.710. The van der Waals surface area contributed by atoms with Crippen molar-refractivity contribution in [3.8, 4) is 0 Å². The second-order valence-electron chi connectivity index (χ2n) is 1.95. The van der Waals surface area contributed by atoms with E-state index in [1.54, 1.807) is 0 Å². The Labute approximate surface area is 72.6 Å². The zero-order valence-corrected chi connectivity index (χ0v) is 7.03. The summed E-state index contributed by atoms with van der Waals surface area (Å²) in [6, 6.07) is 0. The lowest BCUT2D eigenvalue weighted by molar-refractivity contribution is -0.176. The fraction of sp³-hybridized carbons (Fsp3) is 0.667. The molecule has 3 nitrogen and oxygen atoms in total. The molecular formula is C6H7ClF2O3. The van der Waals surface area contributed by atoms with Gasteiger partial charge in [-0.15, -0.1) is 11.6 Å². The van der Waals surface area contributed by atoms with Gasteiger partial charge in [0.1, 0.15) is 0 Å². The highest BCUT2D eigenvalue weighted by Crippen LogP contribution is 2.17. The van der Waals surface area contributed by atoms with Crippen molar-refractivity contribution in [2.75, 3.05) is 5.88 Å². The molecule has 0 amide bonds. The van der Waals surface area contributed by atoms with E-state index in [4.69, 9.17) is 11.6 Å². The predicted molar refractivity (Wildman–Crippen MR) is 37.1 cm³/mol. The topological polar surface area (TPSA) is 43.4 Å². The Morgan fingerprint density at radius 3 is 2.33 bits per heavy atom. The van der Waals surface area contributed by atoms with E-state index in [0.29, 0.717) is 0 Å². The third-order valence-electron chi connectivity index (χ3n) is 0.962. The van der Waals surface area contributed by atoms with Crippen molar-refractivity contribution in [1.29, 1.82) is 0 Å². The second-order valence-corrected chi connectivity index (χ2v) is 2.22. The van der Waals surface area contributed by atoms with Crippen molar-refractivity contribution in [3.05, 3.63) is 0 Å². The molecule has 0 unspecified atom stereocenters. The van der Waals surface area contributed by atoms with Crippen LogP contribution in [0.15, 0.2) is 0 Å². The standard InChI is InChI=1S/C6H7ClF2O3/c1-2-4(10)12-5(11)6(8,9)3-7/h2-3H2,1H3. The Morgan fingerprint density at radius 2 is 2.00 bits per heavy atom. The summed E-state index contributed by atoms with van der Waals surface area (Å²) in [5, 5.41) is 0. The van der Waals surface area contributed by atoms with E-state index < -0.39 is 23.7 Å². The average molecular weight is 201 g/mol. The van der Waals surface area contributed by atoms with Crippen LogP contribution in [0.4, 0.5) is 8.78 Å². The Bertz CT molecular complexity index is 193. The molecule has 0 saturated heterocycles. The Morgan fingerprint density at radius 1 is 1.50 bits per heavy atom. The van der Waals surface area contributed by atoms with Gasteiger partial charge in [0.2, 0.25) is 0 Å². The van der Waals surface area contributed by atoms with E-state index in [1.165, 1.54) is 6.92 Å². The van der Waals surface area contributed by atoms with Gasteiger partial charge in [0, 0.05) is 6.42 Å². The largest absolute Gasteiger partial charge is 0.389 e. The molecule has 0 atom stereocenters. The number of hydrogen-bond donors (Lipinski definition) is 0. The van der Waals surface area contributed by atoms with E-state index in [-0.39, 0.29) is 6.42 Å². The number of carbonyl (C=O) groups is 2. The third kappa shape index (κ3) is 3.13. The van der Waals surface area contributed by atoms with Gasteiger partial charge in [-0.2, -0.15) is 8.78 Å². The van der Waals surface area contributed by atoms with E-state index >= 15 is 0 Å². The summed E-state index contributed by atoms with van der Waals surface area (Å²) < 4.78 is 28.3. The van der Waals surface area contributed by atoms with E-state index in [2.05, 4.69) is 4.74 Å². The molecule has 0 spiro atoms. The van der Waals surface area contributed by atoms with Crippen molar-refractivity contribution in [2.45, 2.75) is 19.3 Å². The highest BCUT2D eigenvalue weighted by atomic mass is 35.5. The molecule has 0 aliphatic heterocycles. The Kier molecular flexibility index (Phi) is 4.09. The lowest BCUT2D eigenvalue weighted by Gasteiger charge is -2.09. The normalized spacial score (nSPS) is 11.0. The molecule has 0 aromatic rings. The molecule has 12 heavy (non-hydrogen) atoms. The van der Waals surface area contributed by atoms with E-state index in [9.17, 15) is 18.4 Å². The minimum atomic E-state index is -3.79. The smallest absolute Gasteiger partial charge is 0.385 e. The van der Waals surface area contributed by atoms with Gasteiger partial charge in [-0.3, -0.25) is 4.79 Å². The summed E-state index contributed by atoms with van der Waals surface area (Å²) >= 11 is 4.75. The van der Waals surface area contributed by atoms with Gasteiger partial charge in [0.25, 0.3) is 0 Å². The Balaban J connectivity index is 4.13. The number of ether oxygens (including phenoxy) is 1. The number of hydrogen-bond acceptors (Lipinski definition) is 3. The van der Waals surface area contributed by atoms with Crippen molar-refractivity contribution in [1.82, 2.24) is 0 Å². The zero-order chi connectivity index (χ0) is 9.78. The SMILES string of the molecule is CCC(=O)OC(=O)C(F)(F)CCl. The summed E-state index contributed by atoms with van der Waals surface area (Å²) in [5.74, 6) is -7.87. The molecule has 0 aromatic heterocycles. The summed E-state index contributed by atoms with van der Waals surface area (Å²) in [4.78, 5) is 20.8. The maximum Gasteiger partial charge on any atom is 0.385 e. The quantitative estimate of drug-likeness (QED) is 0.392. The van der Waals surface area contributed by atoms with Crippen LogP contribution in [0.1, 0.15) is 13.3 Å². The minimum Gasteiger partial charge on any atom is -0.389 e. The number of carbonyl (C=O) groups excluding carboxylic acids is 2. The first kappa shape index (κ1) is 11.3. The van der Waals surface area contributed by atoms with Crippen LogP contribution in [-0.4, -0.2) is 23.7 Å². The van der Waals surface area contributed by atoms with Gasteiger partial charge in [-0.25, -0.2) is 4.79 Å². The van der Waals surface area contributed by atoms with Crippen LogP contribution in [0.5, 0.6) is 0 Å². The average Bonchev–Trinajstić information content (AvgIpc) is 2.04. The molecule has 0 rings (SSSR count). The van der Waals surface area contributed by atoms with Gasteiger partial charge in [0.15, 0.2) is 0 Å². The zero-order valence-electron chi connectivity index (χ0n) is 6.27. The molecule has 0 aliphatic carbocycles. The van der Waals surface area contributed by atoms with Crippen molar-refractivity contribution in [3.63, 3.8) is 0 Å². The van der Waals surface area contributed by atoms with Gasteiger partial charge in [-0.1, -0.05) is 6.92 Å². The minimum absolute atomic E-state index is 0.135. The van der Waals surface area contributed by atoms with Crippen LogP contribution < -0.4 is 0 Å². The first-order valence-electron chi connectivity index (χ1n) is 3.13. The maximum absolute atomic E-state index is 12.3. The highest BCUT2D eigenvalue weighted by molar-refractivity contribution is 6.20. The molecule has 0 fully saturated rings. The van der Waals surface area contributed by atoms with Crippen LogP contribution in [-0.2, 0) is 14.3 Å². The molecule has 0 bridgehead atoms. The molecule has 70 valence electrons. The molecule has 0 saturated carbocycles. The fourth-order valence-electron chi connectivity index (χ4n) is 0.305. The van der Waals surface area contributed by atoms with Crippen LogP contribution in [0.2, 0.25) is 0 Å². The lowest BCUT2D eigenvalue weighted by atomic mass is 10.4. The molecule has 0 radical (unpaired) electrons. The van der Waals surface area contributed by atoms with Gasteiger partial charge >= 0.3 is 17.9 Å². The molecule has 6 heteroatoms. The van der Waals surface area contributed by atoms with Crippen LogP contribution in [0.3, 0.4) is 0 Å². The van der Waals surface area contributed by atoms with Crippen molar-refractivity contribution in [2.24, 2.45) is 0 Å². The molecular weight excluding hydrogens is 194 g/mol. The van der Waals surface area contributed by atoms with Crippen LogP contribution >= 0.6 is 11.6 Å². The van der Waals surface area contributed by atoms with E-state index in [0.717, 1.165) is 0 Å². The molecule has 0 N–H and O–H groups in total. The summed E-state index contributed by atoms with van der Waals surface area (Å²) in [5.41, 5.74) is 0. The second kappa shape index (κ2) is 4.35. The molecule has 0 aromatic carbocycles. The van der Waals surface area contributed by atoms with Crippen molar-refractivity contribution >= 4 is 23.5 Å². The van der Waals surface area contributed by atoms with Gasteiger partial charge < -0.3 is 4.74 Å². The van der Waals surface area contributed by atoms with Crippen LogP contribution in [0.25, 0.3) is 0 Å². The fourth-order valence-corrected chi connectivity index (χ4v) is 0.414. The number of rotatable bonds is 3. The third-order valence-corrected chi connectivity index (χ3v) is 1.30. The highest BCUT2D eigenvalue weighted by Gasteiger charge is 2.40. The number of esters is 2. The summed E-state index contributed by atoms with van der Waals surface area (Å²) in [6.07, 6.45) is -0.135. The monoisotopic (exact) mass is 200 g/mol. The summed E-state index contributed by atoms with van der Waals surface area (Å²) in [7, 11) is 0. The lowest BCUT2D eigenvalue weighted by Crippen LogP contribution is -2.34. The van der Waals surface area contributed by atoms with E-state index in [1.807, 2.05) is 0 Å². The molecule has 0 heterocycles. The number of halogens is 3. The molecule has 0 aliphatic rings. The van der Waals surface area contributed by atoms with Crippen LogP contribution in [0, 0.1) is 0 Å². The first-order chi connectivity index (χ1) is 5.44. The number of alkyl halides is 3. The predicted octanol–water partition coefficient (Wildman–Crippen LogP) is 1.34. The first-order valence-corrected chi connectivity index (χ1v) is 3.66. The summed E-state index contributed by atoms with van der Waals surface area (Å²) in [6.45, 7) is 1.38.